The van der Waals surface area contributed by atoms with Crippen molar-refractivity contribution in [1.82, 2.24) is 10.3 Å². The number of halogens is 1. The van der Waals surface area contributed by atoms with Crippen LogP contribution >= 0.6 is 0 Å². The van der Waals surface area contributed by atoms with Crippen molar-refractivity contribution in [1.29, 1.82) is 0 Å². The van der Waals surface area contributed by atoms with Crippen molar-refractivity contribution in [3.8, 4) is 11.3 Å². The van der Waals surface area contributed by atoms with E-state index in [1.165, 1.54) is 6.39 Å². The summed E-state index contributed by atoms with van der Waals surface area (Å²) in [7, 11) is 0. The highest BCUT2D eigenvalue weighted by Gasteiger charge is 2.17. The molecule has 0 bridgehead atoms. The van der Waals surface area contributed by atoms with E-state index in [4.69, 9.17) is 4.42 Å². The average Bonchev–Trinajstić information content (AvgIpc) is 2.77. The van der Waals surface area contributed by atoms with E-state index in [2.05, 4.69) is 31.1 Å². The van der Waals surface area contributed by atoms with Gasteiger partial charge in [0.2, 0.25) is 0 Å². The molecule has 2 aromatic rings. The van der Waals surface area contributed by atoms with Gasteiger partial charge in [-0.2, -0.15) is 0 Å². The van der Waals surface area contributed by atoms with Gasteiger partial charge in [-0.15, -0.1) is 0 Å². The fourth-order valence-electron chi connectivity index (χ4n) is 1.79. The summed E-state index contributed by atoms with van der Waals surface area (Å²) < 4.78 is 19.5. The maximum absolute atomic E-state index is 14.1. The number of hydrogen-bond donors (Lipinski definition) is 1. The molecule has 0 radical (unpaired) electrons. The third-order valence-electron chi connectivity index (χ3n) is 2.86. The van der Waals surface area contributed by atoms with Crippen molar-refractivity contribution < 1.29 is 8.81 Å². The molecule has 2 rings (SSSR count). The number of oxazole rings is 1. The van der Waals surface area contributed by atoms with Crippen LogP contribution in [0.4, 0.5) is 4.39 Å². The molecule has 102 valence electrons. The summed E-state index contributed by atoms with van der Waals surface area (Å²) in [4.78, 5) is 4.17. The molecular formula is C15H19FN2O. The Hall–Kier alpha value is -1.68. The maximum Gasteiger partial charge on any atom is 0.181 e. The number of benzene rings is 1. The molecule has 19 heavy (non-hydrogen) atoms. The van der Waals surface area contributed by atoms with Gasteiger partial charge in [-0.25, -0.2) is 9.37 Å². The molecule has 1 aromatic carbocycles. The van der Waals surface area contributed by atoms with E-state index in [1.807, 2.05) is 6.07 Å². The third kappa shape index (κ3) is 3.20. The van der Waals surface area contributed by atoms with Gasteiger partial charge in [0, 0.05) is 12.1 Å². The molecule has 0 fully saturated rings. The van der Waals surface area contributed by atoms with Crippen LogP contribution in [0.2, 0.25) is 0 Å². The largest absolute Gasteiger partial charge is 0.443 e. The molecule has 1 heterocycles. The van der Waals surface area contributed by atoms with Crippen molar-refractivity contribution in [2.45, 2.75) is 39.8 Å². The second-order valence-electron chi connectivity index (χ2n) is 5.67. The van der Waals surface area contributed by atoms with Gasteiger partial charge in [-0.05, 0) is 39.3 Å². The van der Waals surface area contributed by atoms with Crippen LogP contribution < -0.4 is 5.32 Å². The molecular weight excluding hydrogens is 243 g/mol. The molecule has 0 unspecified atom stereocenters. The van der Waals surface area contributed by atoms with Crippen LogP contribution in [-0.2, 0) is 6.54 Å². The molecule has 0 saturated heterocycles. The van der Waals surface area contributed by atoms with Gasteiger partial charge in [0.15, 0.2) is 12.2 Å². The topological polar surface area (TPSA) is 38.1 Å². The van der Waals surface area contributed by atoms with Crippen molar-refractivity contribution in [2.75, 3.05) is 0 Å². The predicted octanol–water partition coefficient (Wildman–Crippen LogP) is 3.68. The van der Waals surface area contributed by atoms with Gasteiger partial charge in [0.25, 0.3) is 0 Å². The summed E-state index contributed by atoms with van der Waals surface area (Å²) in [6, 6.07) is 5.27. The van der Waals surface area contributed by atoms with Gasteiger partial charge in [0.05, 0.1) is 5.56 Å². The lowest BCUT2D eigenvalue weighted by Gasteiger charge is -2.19. The number of hydrogen-bond acceptors (Lipinski definition) is 3. The van der Waals surface area contributed by atoms with Crippen LogP contribution in [0, 0.1) is 12.7 Å². The minimum Gasteiger partial charge on any atom is -0.443 e. The SMILES string of the molecule is Cc1cccc(-c2ocnc2CNC(C)(C)C)c1F. The zero-order valence-electron chi connectivity index (χ0n) is 11.7. The van der Waals surface area contributed by atoms with Gasteiger partial charge in [-0.1, -0.05) is 12.1 Å². The Morgan fingerprint density at radius 2 is 2.05 bits per heavy atom. The number of nitrogens with zero attached hydrogens (tertiary/aromatic N) is 1. The molecule has 0 spiro atoms. The highest BCUT2D eigenvalue weighted by Crippen LogP contribution is 2.27. The summed E-state index contributed by atoms with van der Waals surface area (Å²) in [5.41, 5.74) is 1.76. The third-order valence-corrected chi connectivity index (χ3v) is 2.86. The number of rotatable bonds is 3. The van der Waals surface area contributed by atoms with E-state index < -0.39 is 0 Å². The van der Waals surface area contributed by atoms with E-state index in [-0.39, 0.29) is 11.4 Å². The summed E-state index contributed by atoms with van der Waals surface area (Å²) in [5.74, 6) is 0.245. The zero-order valence-corrected chi connectivity index (χ0v) is 11.7. The molecule has 1 N–H and O–H groups in total. The van der Waals surface area contributed by atoms with Crippen LogP contribution in [0.1, 0.15) is 32.0 Å². The van der Waals surface area contributed by atoms with Crippen LogP contribution in [0.15, 0.2) is 29.0 Å². The van der Waals surface area contributed by atoms with Crippen LogP contribution in [-0.4, -0.2) is 10.5 Å². The zero-order chi connectivity index (χ0) is 14.0. The minimum absolute atomic E-state index is 0.0264. The van der Waals surface area contributed by atoms with Gasteiger partial charge >= 0.3 is 0 Å². The van der Waals surface area contributed by atoms with E-state index in [0.717, 1.165) is 5.69 Å². The first-order valence-electron chi connectivity index (χ1n) is 6.31. The molecule has 0 aliphatic heterocycles. The van der Waals surface area contributed by atoms with Gasteiger partial charge in [-0.3, -0.25) is 0 Å². The fraction of sp³-hybridized carbons (Fsp3) is 0.400. The van der Waals surface area contributed by atoms with Crippen molar-refractivity contribution in [3.63, 3.8) is 0 Å². The quantitative estimate of drug-likeness (QED) is 0.917. The van der Waals surface area contributed by atoms with Crippen LogP contribution in [0.5, 0.6) is 0 Å². The predicted molar refractivity (Wildman–Crippen MR) is 73.2 cm³/mol. The molecule has 0 atom stereocenters. The fourth-order valence-corrected chi connectivity index (χ4v) is 1.79. The minimum atomic E-state index is -0.253. The van der Waals surface area contributed by atoms with Crippen LogP contribution in [0.3, 0.4) is 0 Å². The lowest BCUT2D eigenvalue weighted by atomic mass is 10.1. The summed E-state index contributed by atoms with van der Waals surface area (Å²) in [5, 5.41) is 3.32. The monoisotopic (exact) mass is 262 g/mol. The second kappa shape index (κ2) is 5.13. The van der Waals surface area contributed by atoms with Gasteiger partial charge in [0.1, 0.15) is 11.5 Å². The number of aromatic nitrogens is 1. The second-order valence-corrected chi connectivity index (χ2v) is 5.67. The first kappa shape index (κ1) is 13.7. The molecule has 1 aromatic heterocycles. The Balaban J connectivity index is 2.31. The maximum atomic E-state index is 14.1. The highest BCUT2D eigenvalue weighted by atomic mass is 19.1. The molecule has 0 amide bonds. The van der Waals surface area contributed by atoms with Gasteiger partial charge < -0.3 is 9.73 Å². The van der Waals surface area contributed by atoms with E-state index in [0.29, 0.717) is 23.4 Å². The molecule has 3 nitrogen and oxygen atoms in total. The molecule has 4 heteroatoms. The number of nitrogens with one attached hydrogen (secondary N) is 1. The highest BCUT2D eigenvalue weighted by molar-refractivity contribution is 5.61. The summed E-state index contributed by atoms with van der Waals surface area (Å²) in [6.45, 7) is 8.49. The standard InChI is InChI=1S/C15H19FN2O/c1-10-6-5-7-11(13(10)16)14-12(17-9-19-14)8-18-15(2,3)4/h5-7,9,18H,8H2,1-4H3. The van der Waals surface area contributed by atoms with Crippen molar-refractivity contribution in [3.05, 3.63) is 41.7 Å². The first-order chi connectivity index (χ1) is 8.88. The molecule has 0 saturated carbocycles. The first-order valence-corrected chi connectivity index (χ1v) is 6.31. The Morgan fingerprint density at radius 3 is 2.74 bits per heavy atom. The smallest absolute Gasteiger partial charge is 0.181 e. The van der Waals surface area contributed by atoms with E-state index in [1.54, 1.807) is 19.1 Å². The normalized spacial score (nSPS) is 11.8. The Morgan fingerprint density at radius 1 is 1.32 bits per heavy atom. The number of aryl methyl sites for hydroxylation is 1. The Bertz CT molecular complexity index is 570. The molecule has 0 aliphatic rings. The Kier molecular flexibility index (Phi) is 3.71. The summed E-state index contributed by atoms with van der Waals surface area (Å²) >= 11 is 0. The Labute approximate surface area is 112 Å². The lowest BCUT2D eigenvalue weighted by Crippen LogP contribution is -2.35. The van der Waals surface area contributed by atoms with E-state index >= 15 is 0 Å². The summed E-state index contributed by atoms with van der Waals surface area (Å²) in [6.07, 6.45) is 1.36. The average molecular weight is 262 g/mol. The van der Waals surface area contributed by atoms with Crippen molar-refractivity contribution in [2.24, 2.45) is 0 Å². The molecule has 0 aliphatic carbocycles. The van der Waals surface area contributed by atoms with Crippen molar-refractivity contribution >= 4 is 0 Å². The van der Waals surface area contributed by atoms with Crippen LogP contribution in [0.25, 0.3) is 11.3 Å². The lowest BCUT2D eigenvalue weighted by molar-refractivity contribution is 0.421. The van der Waals surface area contributed by atoms with E-state index in [9.17, 15) is 4.39 Å².